The van der Waals surface area contributed by atoms with E-state index in [1.165, 1.54) is 0 Å². The fourth-order valence-electron chi connectivity index (χ4n) is 1.80. The van der Waals surface area contributed by atoms with Crippen molar-refractivity contribution in [2.45, 2.75) is 17.6 Å². The Hall–Kier alpha value is -2.06. The molecule has 0 saturated carbocycles. The van der Waals surface area contributed by atoms with Gasteiger partial charge in [-0.25, -0.2) is 13.1 Å². The summed E-state index contributed by atoms with van der Waals surface area (Å²) in [6, 6.07) is 10.1. The van der Waals surface area contributed by atoms with Crippen molar-refractivity contribution in [2.75, 3.05) is 5.73 Å². The van der Waals surface area contributed by atoms with Crippen LogP contribution in [-0.4, -0.2) is 8.42 Å². The molecule has 0 aliphatic heterocycles. The molecule has 0 aliphatic rings. The standard InChI is InChI=1S/C14H13F3N2O2S/c15-14(16,17)11-4-2-6-13(8-11)22(20,21)19-9-10-3-1-5-12(18)7-10/h1-8,19H,9,18H2. The van der Waals surface area contributed by atoms with E-state index in [0.717, 1.165) is 18.2 Å². The number of nitrogen functional groups attached to an aromatic ring is 1. The van der Waals surface area contributed by atoms with Gasteiger partial charge in [0, 0.05) is 12.2 Å². The molecule has 0 spiro atoms. The Morgan fingerprint density at radius 1 is 1.05 bits per heavy atom. The number of halogens is 3. The van der Waals surface area contributed by atoms with Gasteiger partial charge in [-0.2, -0.15) is 13.2 Å². The number of benzene rings is 2. The Bertz CT molecular complexity index is 774. The monoisotopic (exact) mass is 330 g/mol. The molecular weight excluding hydrogens is 317 g/mol. The van der Waals surface area contributed by atoms with E-state index in [0.29, 0.717) is 17.3 Å². The Labute approximate surface area is 125 Å². The minimum atomic E-state index is -4.60. The number of sulfonamides is 1. The van der Waals surface area contributed by atoms with E-state index < -0.39 is 26.7 Å². The van der Waals surface area contributed by atoms with Gasteiger partial charge in [-0.1, -0.05) is 18.2 Å². The Balaban J connectivity index is 2.20. The fraction of sp³-hybridized carbons (Fsp3) is 0.143. The van der Waals surface area contributed by atoms with Crippen LogP contribution in [0, 0.1) is 0 Å². The molecule has 118 valence electrons. The number of hydrogen-bond acceptors (Lipinski definition) is 3. The molecule has 0 aliphatic carbocycles. The average molecular weight is 330 g/mol. The second-order valence-electron chi connectivity index (χ2n) is 4.60. The van der Waals surface area contributed by atoms with Crippen LogP contribution in [0.5, 0.6) is 0 Å². The molecule has 0 atom stereocenters. The summed E-state index contributed by atoms with van der Waals surface area (Å²) in [6.07, 6.45) is -4.60. The van der Waals surface area contributed by atoms with E-state index >= 15 is 0 Å². The van der Waals surface area contributed by atoms with Crippen LogP contribution in [-0.2, 0) is 22.7 Å². The van der Waals surface area contributed by atoms with Crippen LogP contribution in [0.2, 0.25) is 0 Å². The molecule has 0 saturated heterocycles. The largest absolute Gasteiger partial charge is 0.416 e. The maximum absolute atomic E-state index is 12.6. The molecule has 2 rings (SSSR count). The highest BCUT2D eigenvalue weighted by Crippen LogP contribution is 2.30. The van der Waals surface area contributed by atoms with E-state index in [1.54, 1.807) is 24.3 Å². The van der Waals surface area contributed by atoms with Gasteiger partial charge in [-0.05, 0) is 35.9 Å². The summed E-state index contributed by atoms with van der Waals surface area (Å²) in [4.78, 5) is -0.439. The van der Waals surface area contributed by atoms with Crippen molar-refractivity contribution >= 4 is 15.7 Å². The predicted molar refractivity (Wildman–Crippen MR) is 76.3 cm³/mol. The zero-order valence-corrected chi connectivity index (χ0v) is 12.1. The van der Waals surface area contributed by atoms with E-state index in [1.807, 2.05) is 0 Å². The summed E-state index contributed by atoms with van der Waals surface area (Å²) >= 11 is 0. The maximum Gasteiger partial charge on any atom is 0.416 e. The van der Waals surface area contributed by atoms with E-state index in [-0.39, 0.29) is 6.54 Å². The molecule has 0 aromatic heterocycles. The summed E-state index contributed by atoms with van der Waals surface area (Å²) in [5.41, 5.74) is 5.64. The minimum absolute atomic E-state index is 0.0659. The molecular formula is C14H13F3N2O2S. The number of alkyl halides is 3. The summed E-state index contributed by atoms with van der Waals surface area (Å²) < 4.78 is 64.2. The van der Waals surface area contributed by atoms with Crippen LogP contribution in [0.25, 0.3) is 0 Å². The maximum atomic E-state index is 12.6. The van der Waals surface area contributed by atoms with Crippen LogP contribution in [0.4, 0.5) is 18.9 Å². The first-order chi connectivity index (χ1) is 10.2. The number of nitrogens with one attached hydrogen (secondary N) is 1. The van der Waals surface area contributed by atoms with Gasteiger partial charge in [0.1, 0.15) is 0 Å². The lowest BCUT2D eigenvalue weighted by Gasteiger charge is -2.10. The topological polar surface area (TPSA) is 72.2 Å². The van der Waals surface area contributed by atoms with E-state index in [9.17, 15) is 21.6 Å². The van der Waals surface area contributed by atoms with Gasteiger partial charge in [-0.3, -0.25) is 0 Å². The van der Waals surface area contributed by atoms with Gasteiger partial charge in [0.2, 0.25) is 10.0 Å². The third-order valence-corrected chi connectivity index (χ3v) is 4.29. The van der Waals surface area contributed by atoms with Crippen molar-refractivity contribution in [3.63, 3.8) is 0 Å². The molecule has 4 nitrogen and oxygen atoms in total. The van der Waals surface area contributed by atoms with Gasteiger partial charge >= 0.3 is 6.18 Å². The first-order valence-corrected chi connectivity index (χ1v) is 7.68. The van der Waals surface area contributed by atoms with Crippen molar-refractivity contribution in [2.24, 2.45) is 0 Å². The quantitative estimate of drug-likeness (QED) is 0.847. The molecule has 0 heterocycles. The Morgan fingerprint density at radius 3 is 2.36 bits per heavy atom. The lowest BCUT2D eigenvalue weighted by atomic mass is 10.2. The summed E-state index contributed by atoms with van der Waals surface area (Å²) in [7, 11) is -4.04. The van der Waals surface area contributed by atoms with Crippen LogP contribution in [0.3, 0.4) is 0 Å². The third kappa shape index (κ3) is 3.99. The van der Waals surface area contributed by atoms with Crippen molar-refractivity contribution in [1.29, 1.82) is 0 Å². The first kappa shape index (κ1) is 16.3. The molecule has 0 amide bonds. The molecule has 2 aromatic rings. The van der Waals surface area contributed by atoms with Crippen LogP contribution in [0.1, 0.15) is 11.1 Å². The molecule has 0 unspecified atom stereocenters. The molecule has 22 heavy (non-hydrogen) atoms. The van der Waals surface area contributed by atoms with Crippen molar-refractivity contribution < 1.29 is 21.6 Å². The highest BCUT2D eigenvalue weighted by atomic mass is 32.2. The number of hydrogen-bond donors (Lipinski definition) is 2. The molecule has 3 N–H and O–H groups in total. The minimum Gasteiger partial charge on any atom is -0.399 e. The summed E-state index contributed by atoms with van der Waals surface area (Å²) in [5, 5.41) is 0. The second-order valence-corrected chi connectivity index (χ2v) is 6.36. The smallest absolute Gasteiger partial charge is 0.399 e. The predicted octanol–water partition coefficient (Wildman–Crippen LogP) is 2.77. The lowest BCUT2D eigenvalue weighted by molar-refractivity contribution is -0.137. The Kier molecular flexibility index (Phi) is 4.43. The molecule has 0 bridgehead atoms. The van der Waals surface area contributed by atoms with Gasteiger partial charge in [-0.15, -0.1) is 0 Å². The van der Waals surface area contributed by atoms with Crippen LogP contribution in [0.15, 0.2) is 53.4 Å². The highest BCUT2D eigenvalue weighted by Gasteiger charge is 2.31. The van der Waals surface area contributed by atoms with Gasteiger partial charge in [0.25, 0.3) is 0 Å². The van der Waals surface area contributed by atoms with Crippen LogP contribution >= 0.6 is 0 Å². The highest BCUT2D eigenvalue weighted by molar-refractivity contribution is 7.89. The zero-order chi connectivity index (χ0) is 16.4. The van der Waals surface area contributed by atoms with E-state index in [4.69, 9.17) is 5.73 Å². The number of rotatable bonds is 4. The third-order valence-electron chi connectivity index (χ3n) is 2.89. The Morgan fingerprint density at radius 2 is 1.73 bits per heavy atom. The first-order valence-electron chi connectivity index (χ1n) is 6.20. The van der Waals surface area contributed by atoms with Crippen molar-refractivity contribution in [3.8, 4) is 0 Å². The second kappa shape index (κ2) is 5.98. The van der Waals surface area contributed by atoms with Gasteiger partial charge in [0.05, 0.1) is 10.5 Å². The fourth-order valence-corrected chi connectivity index (χ4v) is 2.87. The molecule has 0 fully saturated rings. The number of anilines is 1. The zero-order valence-electron chi connectivity index (χ0n) is 11.3. The summed E-state index contributed by atoms with van der Waals surface area (Å²) in [5.74, 6) is 0. The van der Waals surface area contributed by atoms with Crippen molar-refractivity contribution in [1.82, 2.24) is 4.72 Å². The molecule has 0 radical (unpaired) electrons. The average Bonchev–Trinajstić information content (AvgIpc) is 2.45. The number of nitrogens with two attached hydrogens (primary N) is 1. The normalized spacial score (nSPS) is 12.3. The molecule has 8 heteroatoms. The van der Waals surface area contributed by atoms with Crippen LogP contribution < -0.4 is 10.5 Å². The van der Waals surface area contributed by atoms with E-state index in [2.05, 4.69) is 4.72 Å². The van der Waals surface area contributed by atoms with Crippen molar-refractivity contribution in [3.05, 3.63) is 59.7 Å². The molecule has 2 aromatic carbocycles. The SMILES string of the molecule is Nc1cccc(CNS(=O)(=O)c2cccc(C(F)(F)F)c2)c1. The van der Waals surface area contributed by atoms with Gasteiger partial charge < -0.3 is 5.73 Å². The lowest BCUT2D eigenvalue weighted by Crippen LogP contribution is -2.23. The summed E-state index contributed by atoms with van der Waals surface area (Å²) in [6.45, 7) is -0.0659. The van der Waals surface area contributed by atoms with Gasteiger partial charge in [0.15, 0.2) is 0 Å².